The third-order valence-corrected chi connectivity index (χ3v) is 5.25. The summed E-state index contributed by atoms with van der Waals surface area (Å²) < 4.78 is 5.49. The quantitative estimate of drug-likeness (QED) is 0.768. The number of hydrogen-bond acceptors (Lipinski definition) is 8. The van der Waals surface area contributed by atoms with Crippen LogP contribution in [0.3, 0.4) is 0 Å². The van der Waals surface area contributed by atoms with E-state index in [0.29, 0.717) is 5.82 Å². The van der Waals surface area contributed by atoms with Gasteiger partial charge in [0.2, 0.25) is 5.95 Å². The van der Waals surface area contributed by atoms with E-state index < -0.39 is 0 Å². The second-order valence-corrected chi connectivity index (χ2v) is 7.10. The van der Waals surface area contributed by atoms with Crippen molar-refractivity contribution in [3.05, 3.63) is 23.3 Å². The number of aromatic nitrogens is 4. The number of rotatable bonds is 4. The lowest BCUT2D eigenvalue weighted by atomic mass is 10.2. The number of morpholine rings is 1. The molecule has 0 unspecified atom stereocenters. The third-order valence-electron chi connectivity index (χ3n) is 4.16. The van der Waals surface area contributed by atoms with Crippen molar-refractivity contribution >= 4 is 33.3 Å². The Kier molecular flexibility index (Phi) is 4.46. The minimum absolute atomic E-state index is 0.250. The molecule has 1 fully saturated rings. The first-order valence-electron chi connectivity index (χ1n) is 8.45. The van der Waals surface area contributed by atoms with E-state index in [4.69, 9.17) is 20.4 Å². The lowest BCUT2D eigenvalue weighted by Gasteiger charge is -2.28. The van der Waals surface area contributed by atoms with E-state index in [-0.39, 0.29) is 5.95 Å². The molecule has 4 rings (SSSR count). The van der Waals surface area contributed by atoms with E-state index in [9.17, 15) is 0 Å². The summed E-state index contributed by atoms with van der Waals surface area (Å²) in [7, 11) is 0. The van der Waals surface area contributed by atoms with Crippen molar-refractivity contribution in [2.24, 2.45) is 0 Å². The van der Waals surface area contributed by atoms with Crippen LogP contribution in [0.2, 0.25) is 0 Å². The lowest BCUT2D eigenvalue weighted by Crippen LogP contribution is -2.37. The smallest absolute Gasteiger partial charge is 0.219 e. The predicted octanol–water partition coefficient (Wildman–Crippen LogP) is 2.52. The molecule has 8 heteroatoms. The van der Waals surface area contributed by atoms with Crippen molar-refractivity contribution in [3.8, 4) is 11.4 Å². The fraction of sp³-hybridized carbons (Fsp3) is 0.412. The molecule has 0 radical (unpaired) electrons. The maximum atomic E-state index is 5.60. The van der Waals surface area contributed by atoms with Gasteiger partial charge in [0, 0.05) is 30.4 Å². The number of ether oxygens (including phenoxy) is 1. The topological polar surface area (TPSA) is 90.0 Å². The second-order valence-electron chi connectivity index (χ2n) is 5.98. The Hall–Kier alpha value is -2.32. The lowest BCUT2D eigenvalue weighted by molar-refractivity contribution is 0.122. The summed E-state index contributed by atoms with van der Waals surface area (Å²) in [4.78, 5) is 22.4. The van der Waals surface area contributed by atoms with Gasteiger partial charge in [0.25, 0.3) is 0 Å². The van der Waals surface area contributed by atoms with Crippen LogP contribution in [0, 0.1) is 0 Å². The summed E-state index contributed by atoms with van der Waals surface area (Å²) in [6.07, 6.45) is 5.52. The van der Waals surface area contributed by atoms with Gasteiger partial charge >= 0.3 is 0 Å². The van der Waals surface area contributed by atoms with Crippen molar-refractivity contribution in [2.45, 2.75) is 19.8 Å². The molecular weight excluding hydrogens is 336 g/mol. The summed E-state index contributed by atoms with van der Waals surface area (Å²) >= 11 is 1.74. The number of anilines is 2. The molecule has 1 aliphatic heterocycles. The van der Waals surface area contributed by atoms with Gasteiger partial charge in [-0.3, -0.25) is 0 Å². The van der Waals surface area contributed by atoms with E-state index in [0.717, 1.165) is 60.7 Å². The maximum Gasteiger partial charge on any atom is 0.219 e. The van der Waals surface area contributed by atoms with Gasteiger partial charge in [-0.2, -0.15) is 0 Å². The number of hydrogen-bond donors (Lipinski definition) is 1. The predicted molar refractivity (Wildman–Crippen MR) is 99.9 cm³/mol. The van der Waals surface area contributed by atoms with Gasteiger partial charge in [-0.25, -0.2) is 19.9 Å². The zero-order chi connectivity index (χ0) is 17.2. The SMILES string of the molecule is CCCc1cc2c(N3CCOCC3)nc(-c3cnc(N)nc3)nc2s1. The first kappa shape index (κ1) is 16.2. The fourth-order valence-electron chi connectivity index (χ4n) is 2.92. The van der Waals surface area contributed by atoms with Crippen LogP contribution >= 0.6 is 11.3 Å². The van der Waals surface area contributed by atoms with Crippen LogP contribution in [0.4, 0.5) is 11.8 Å². The van der Waals surface area contributed by atoms with Crippen molar-refractivity contribution in [3.63, 3.8) is 0 Å². The molecule has 0 bridgehead atoms. The standard InChI is InChI=1S/C17H20N6OS/c1-2-3-12-8-13-15(23-4-6-24-7-5-23)21-14(22-16(13)25-12)11-9-19-17(18)20-10-11/h8-10H,2-7H2,1H3,(H2,18,19,20). The number of nitrogens with two attached hydrogens (primary N) is 1. The molecule has 3 aromatic rings. The molecule has 0 atom stereocenters. The Labute approximate surface area is 149 Å². The highest BCUT2D eigenvalue weighted by molar-refractivity contribution is 7.18. The highest BCUT2D eigenvalue weighted by Crippen LogP contribution is 2.34. The molecule has 25 heavy (non-hydrogen) atoms. The zero-order valence-corrected chi connectivity index (χ0v) is 14.9. The molecule has 2 N–H and O–H groups in total. The van der Waals surface area contributed by atoms with Crippen molar-refractivity contribution in [1.82, 2.24) is 19.9 Å². The van der Waals surface area contributed by atoms with Crippen molar-refractivity contribution < 1.29 is 4.74 Å². The average Bonchev–Trinajstić information content (AvgIpc) is 3.05. The van der Waals surface area contributed by atoms with Gasteiger partial charge < -0.3 is 15.4 Å². The Bertz CT molecular complexity index is 873. The summed E-state index contributed by atoms with van der Waals surface area (Å²) in [6, 6.07) is 2.23. The van der Waals surface area contributed by atoms with E-state index in [1.165, 1.54) is 4.88 Å². The van der Waals surface area contributed by atoms with Crippen LogP contribution < -0.4 is 10.6 Å². The number of fused-ring (bicyclic) bond motifs is 1. The van der Waals surface area contributed by atoms with Crippen LogP contribution in [0.1, 0.15) is 18.2 Å². The van der Waals surface area contributed by atoms with Crippen LogP contribution in [0.5, 0.6) is 0 Å². The van der Waals surface area contributed by atoms with E-state index in [1.54, 1.807) is 23.7 Å². The number of nitrogens with zero attached hydrogens (tertiary/aromatic N) is 5. The summed E-state index contributed by atoms with van der Waals surface area (Å²) in [5, 5.41) is 1.12. The Balaban J connectivity index is 1.84. The molecule has 1 saturated heterocycles. The fourth-order valence-corrected chi connectivity index (χ4v) is 4.05. The first-order valence-corrected chi connectivity index (χ1v) is 9.27. The minimum Gasteiger partial charge on any atom is -0.378 e. The van der Waals surface area contributed by atoms with Crippen LogP contribution in [-0.2, 0) is 11.2 Å². The van der Waals surface area contributed by atoms with Gasteiger partial charge in [0.05, 0.1) is 24.2 Å². The maximum absolute atomic E-state index is 5.60. The molecule has 130 valence electrons. The molecule has 3 aromatic heterocycles. The molecule has 0 saturated carbocycles. The number of nitrogen functional groups attached to an aromatic ring is 1. The van der Waals surface area contributed by atoms with Crippen molar-refractivity contribution in [2.75, 3.05) is 36.9 Å². The molecular formula is C17H20N6OS. The number of thiophene rings is 1. The molecule has 0 spiro atoms. The highest BCUT2D eigenvalue weighted by Gasteiger charge is 2.20. The number of aryl methyl sites for hydroxylation is 1. The van der Waals surface area contributed by atoms with E-state index in [2.05, 4.69) is 27.9 Å². The summed E-state index contributed by atoms with van der Waals surface area (Å²) in [5.74, 6) is 1.86. The monoisotopic (exact) mass is 356 g/mol. The Morgan fingerprint density at radius 1 is 1.20 bits per heavy atom. The highest BCUT2D eigenvalue weighted by atomic mass is 32.1. The van der Waals surface area contributed by atoms with E-state index >= 15 is 0 Å². The second kappa shape index (κ2) is 6.89. The van der Waals surface area contributed by atoms with Crippen LogP contribution in [-0.4, -0.2) is 46.2 Å². The summed E-state index contributed by atoms with van der Waals surface area (Å²) in [6.45, 7) is 5.30. The molecule has 1 aliphatic rings. The van der Waals surface area contributed by atoms with Crippen LogP contribution in [0.25, 0.3) is 21.6 Å². The normalized spacial score (nSPS) is 15.0. The van der Waals surface area contributed by atoms with Gasteiger partial charge in [-0.1, -0.05) is 13.3 Å². The van der Waals surface area contributed by atoms with Gasteiger partial charge in [-0.05, 0) is 12.5 Å². The van der Waals surface area contributed by atoms with Gasteiger partial charge in [0.15, 0.2) is 5.82 Å². The molecule has 0 aromatic carbocycles. The summed E-state index contributed by atoms with van der Waals surface area (Å²) in [5.41, 5.74) is 6.37. The minimum atomic E-state index is 0.250. The molecule has 4 heterocycles. The van der Waals surface area contributed by atoms with Crippen LogP contribution in [0.15, 0.2) is 18.5 Å². The molecule has 0 amide bonds. The average molecular weight is 356 g/mol. The largest absolute Gasteiger partial charge is 0.378 e. The zero-order valence-electron chi connectivity index (χ0n) is 14.1. The Morgan fingerprint density at radius 3 is 2.68 bits per heavy atom. The third kappa shape index (κ3) is 3.27. The molecule has 0 aliphatic carbocycles. The van der Waals surface area contributed by atoms with Crippen molar-refractivity contribution in [1.29, 1.82) is 0 Å². The Morgan fingerprint density at radius 2 is 1.96 bits per heavy atom. The van der Waals surface area contributed by atoms with E-state index in [1.807, 2.05) is 0 Å². The van der Waals surface area contributed by atoms with Gasteiger partial charge in [-0.15, -0.1) is 11.3 Å². The van der Waals surface area contributed by atoms with Gasteiger partial charge in [0.1, 0.15) is 10.6 Å². The molecule has 7 nitrogen and oxygen atoms in total. The first-order chi connectivity index (χ1) is 12.2.